The van der Waals surface area contributed by atoms with Gasteiger partial charge in [0.05, 0.1) is 0 Å². The molecule has 3 fully saturated rings. The molecule has 0 saturated heterocycles. The fourth-order valence-corrected chi connectivity index (χ4v) is 6.47. The normalized spacial score (nSPS) is 46.8. The predicted molar refractivity (Wildman–Crippen MR) is 80.9 cm³/mol. The van der Waals surface area contributed by atoms with Crippen LogP contribution in [0.15, 0.2) is 11.6 Å². The van der Waals surface area contributed by atoms with Gasteiger partial charge in [-0.1, -0.05) is 56.6 Å². The van der Waals surface area contributed by atoms with Crippen LogP contribution in [-0.2, 0) is 0 Å². The number of hydrogen-bond donors (Lipinski definition) is 0. The first-order valence-corrected chi connectivity index (χ1v) is 9.00. The fraction of sp³-hybridized carbons (Fsp3) is 0.895. The molecule has 0 nitrogen and oxygen atoms in total. The van der Waals surface area contributed by atoms with Crippen LogP contribution in [-0.4, -0.2) is 0 Å². The standard InChI is InChI=1S/C19H30/c1-13-10-16-12-15-8-5-9-17(15)19(18(16)11-13)14-6-3-2-4-7-14/h11,14-19H,2-10,12H2,1H3. The maximum absolute atomic E-state index is 2.72. The molecule has 3 saturated carbocycles. The summed E-state index contributed by atoms with van der Waals surface area (Å²) in [6.07, 6.45) is 18.1. The van der Waals surface area contributed by atoms with Gasteiger partial charge in [0.1, 0.15) is 0 Å². The summed E-state index contributed by atoms with van der Waals surface area (Å²) in [4.78, 5) is 0. The monoisotopic (exact) mass is 258 g/mol. The minimum absolute atomic E-state index is 0.988. The zero-order valence-corrected chi connectivity index (χ0v) is 12.6. The third-order valence-corrected chi connectivity index (χ3v) is 7.06. The molecular weight excluding hydrogens is 228 g/mol. The molecule has 0 heteroatoms. The Morgan fingerprint density at radius 2 is 1.63 bits per heavy atom. The summed E-state index contributed by atoms with van der Waals surface area (Å²) >= 11 is 0. The van der Waals surface area contributed by atoms with E-state index in [9.17, 15) is 0 Å². The molecule has 0 amide bonds. The molecule has 0 aliphatic heterocycles. The van der Waals surface area contributed by atoms with E-state index in [4.69, 9.17) is 0 Å². The van der Waals surface area contributed by atoms with Crippen molar-refractivity contribution in [2.24, 2.45) is 35.5 Å². The van der Waals surface area contributed by atoms with Crippen molar-refractivity contribution in [3.05, 3.63) is 11.6 Å². The molecule has 0 bridgehead atoms. The van der Waals surface area contributed by atoms with Crippen molar-refractivity contribution < 1.29 is 0 Å². The van der Waals surface area contributed by atoms with Crippen LogP contribution in [0, 0.1) is 35.5 Å². The largest absolute Gasteiger partial charge is 0.0819 e. The third kappa shape index (κ3) is 2.10. The molecule has 0 aromatic rings. The van der Waals surface area contributed by atoms with Crippen LogP contribution < -0.4 is 0 Å². The molecular formula is C19H30. The Kier molecular flexibility index (Phi) is 3.24. The second-order valence-corrected chi connectivity index (χ2v) is 8.12. The average molecular weight is 258 g/mol. The third-order valence-electron chi connectivity index (χ3n) is 7.06. The molecule has 0 aromatic heterocycles. The summed E-state index contributed by atoms with van der Waals surface area (Å²) in [5.74, 6) is 6.45. The first-order valence-electron chi connectivity index (χ1n) is 9.00. The summed E-state index contributed by atoms with van der Waals surface area (Å²) < 4.78 is 0. The maximum atomic E-state index is 2.72. The Morgan fingerprint density at radius 3 is 2.47 bits per heavy atom. The summed E-state index contributed by atoms with van der Waals surface area (Å²) in [7, 11) is 0. The van der Waals surface area contributed by atoms with Gasteiger partial charge < -0.3 is 0 Å². The zero-order chi connectivity index (χ0) is 12.8. The average Bonchev–Trinajstić information content (AvgIpc) is 3.01. The summed E-state index contributed by atoms with van der Waals surface area (Å²) in [5.41, 5.74) is 1.72. The molecule has 106 valence electrons. The van der Waals surface area contributed by atoms with Crippen molar-refractivity contribution in [2.45, 2.75) is 71.1 Å². The van der Waals surface area contributed by atoms with Gasteiger partial charge >= 0.3 is 0 Å². The summed E-state index contributed by atoms with van der Waals surface area (Å²) in [6, 6.07) is 0. The molecule has 4 rings (SSSR count). The van der Waals surface area contributed by atoms with Gasteiger partial charge in [-0.2, -0.15) is 0 Å². The van der Waals surface area contributed by atoms with Gasteiger partial charge in [-0.25, -0.2) is 0 Å². The number of fused-ring (bicyclic) bond motifs is 2. The van der Waals surface area contributed by atoms with Crippen LogP contribution >= 0.6 is 0 Å². The first kappa shape index (κ1) is 12.5. The molecule has 0 radical (unpaired) electrons. The molecule has 0 N–H and O–H groups in total. The zero-order valence-electron chi connectivity index (χ0n) is 12.6. The van der Waals surface area contributed by atoms with Gasteiger partial charge in [-0.3, -0.25) is 0 Å². The highest BCUT2D eigenvalue weighted by Gasteiger charge is 2.49. The highest BCUT2D eigenvalue weighted by atomic mass is 14.5. The second kappa shape index (κ2) is 4.93. The molecule has 0 spiro atoms. The Bertz CT molecular complexity index is 360. The van der Waals surface area contributed by atoms with Crippen molar-refractivity contribution in [2.75, 3.05) is 0 Å². The van der Waals surface area contributed by atoms with Crippen LogP contribution in [0.25, 0.3) is 0 Å². The van der Waals surface area contributed by atoms with Gasteiger partial charge in [-0.05, 0) is 61.7 Å². The van der Waals surface area contributed by atoms with E-state index in [1.54, 1.807) is 44.1 Å². The van der Waals surface area contributed by atoms with E-state index < -0.39 is 0 Å². The van der Waals surface area contributed by atoms with E-state index in [1.165, 1.54) is 25.7 Å². The number of allylic oxidation sites excluding steroid dienone is 2. The second-order valence-electron chi connectivity index (χ2n) is 8.12. The quantitative estimate of drug-likeness (QED) is 0.538. The number of rotatable bonds is 1. The highest BCUT2D eigenvalue weighted by molar-refractivity contribution is 5.16. The van der Waals surface area contributed by atoms with Crippen LogP contribution in [0.4, 0.5) is 0 Å². The Labute approximate surface area is 119 Å². The van der Waals surface area contributed by atoms with Crippen molar-refractivity contribution in [3.8, 4) is 0 Å². The van der Waals surface area contributed by atoms with Gasteiger partial charge in [-0.15, -0.1) is 0 Å². The maximum Gasteiger partial charge on any atom is -0.0166 e. The Morgan fingerprint density at radius 1 is 0.842 bits per heavy atom. The van der Waals surface area contributed by atoms with E-state index in [0.717, 1.165) is 35.5 Å². The van der Waals surface area contributed by atoms with E-state index in [2.05, 4.69) is 13.0 Å². The first-order chi connectivity index (χ1) is 9.33. The van der Waals surface area contributed by atoms with Crippen LogP contribution in [0.3, 0.4) is 0 Å². The van der Waals surface area contributed by atoms with Gasteiger partial charge in [0.15, 0.2) is 0 Å². The molecule has 19 heavy (non-hydrogen) atoms. The van der Waals surface area contributed by atoms with Crippen molar-refractivity contribution in [1.29, 1.82) is 0 Å². The van der Waals surface area contributed by atoms with Crippen molar-refractivity contribution in [3.63, 3.8) is 0 Å². The lowest BCUT2D eigenvalue weighted by Gasteiger charge is -2.47. The molecule has 4 aliphatic rings. The van der Waals surface area contributed by atoms with Crippen LogP contribution in [0.2, 0.25) is 0 Å². The van der Waals surface area contributed by atoms with Gasteiger partial charge in [0.25, 0.3) is 0 Å². The minimum atomic E-state index is 0.988. The van der Waals surface area contributed by atoms with Crippen LogP contribution in [0.1, 0.15) is 71.1 Å². The molecule has 4 aliphatic carbocycles. The minimum Gasteiger partial charge on any atom is -0.0819 e. The molecule has 5 unspecified atom stereocenters. The number of hydrogen-bond acceptors (Lipinski definition) is 0. The van der Waals surface area contributed by atoms with Crippen molar-refractivity contribution in [1.82, 2.24) is 0 Å². The van der Waals surface area contributed by atoms with E-state index in [-0.39, 0.29) is 0 Å². The lowest BCUT2D eigenvalue weighted by atomic mass is 9.58. The van der Waals surface area contributed by atoms with E-state index in [1.807, 2.05) is 0 Å². The topological polar surface area (TPSA) is 0 Å². The smallest absolute Gasteiger partial charge is 0.0166 e. The summed E-state index contributed by atoms with van der Waals surface area (Å²) in [6.45, 7) is 2.39. The predicted octanol–water partition coefficient (Wildman–Crippen LogP) is 5.59. The van der Waals surface area contributed by atoms with E-state index >= 15 is 0 Å². The van der Waals surface area contributed by atoms with Crippen molar-refractivity contribution >= 4 is 0 Å². The summed E-state index contributed by atoms with van der Waals surface area (Å²) in [5, 5.41) is 0. The molecule has 0 aromatic carbocycles. The van der Waals surface area contributed by atoms with Gasteiger partial charge in [0, 0.05) is 0 Å². The Balaban J connectivity index is 1.62. The lowest BCUT2D eigenvalue weighted by molar-refractivity contribution is 0.0314. The highest BCUT2D eigenvalue weighted by Crippen LogP contribution is 2.58. The van der Waals surface area contributed by atoms with Gasteiger partial charge in [0.2, 0.25) is 0 Å². The molecule has 5 atom stereocenters. The lowest BCUT2D eigenvalue weighted by Crippen LogP contribution is -2.40. The fourth-order valence-electron chi connectivity index (χ4n) is 6.47. The van der Waals surface area contributed by atoms with E-state index in [0.29, 0.717) is 0 Å². The SMILES string of the molecule is CC1=CC2C(C1)CC1CCCC1C2C1CCCCC1. The molecule has 0 heterocycles. The Hall–Kier alpha value is -0.260. The van der Waals surface area contributed by atoms with Crippen LogP contribution in [0.5, 0.6) is 0 Å².